The number of carbonyl (C=O) groups excluding carboxylic acids is 2. The van der Waals surface area contributed by atoms with Gasteiger partial charge in [0.05, 0.1) is 5.56 Å². The summed E-state index contributed by atoms with van der Waals surface area (Å²) in [4.78, 5) is 30.4. The number of rotatable bonds is 7. The summed E-state index contributed by atoms with van der Waals surface area (Å²) in [5.74, 6) is 0.505. The number of fused-ring (bicyclic) bond motifs is 1. The Labute approximate surface area is 234 Å². The van der Waals surface area contributed by atoms with Crippen molar-refractivity contribution in [3.8, 4) is 11.5 Å². The number of benzene rings is 3. The Kier molecular flexibility index (Phi) is 8.18. The van der Waals surface area contributed by atoms with Crippen LogP contribution < -0.4 is 20.7 Å². The van der Waals surface area contributed by atoms with E-state index in [0.29, 0.717) is 35.8 Å². The number of pyridine rings is 1. The highest BCUT2D eigenvalue weighted by Gasteiger charge is 2.34. The maximum atomic E-state index is 13.9. The third kappa shape index (κ3) is 7.19. The zero-order chi connectivity index (χ0) is 29.0. The zero-order valence-corrected chi connectivity index (χ0v) is 22.2. The number of ether oxygens (including phenoxy) is 1. The van der Waals surface area contributed by atoms with Gasteiger partial charge in [0.2, 0.25) is 5.91 Å². The summed E-state index contributed by atoms with van der Waals surface area (Å²) < 4.78 is 47.6. The molecule has 8 nitrogen and oxygen atoms in total. The lowest BCUT2D eigenvalue weighted by Gasteiger charge is -2.28. The molecule has 2 heterocycles. The first kappa shape index (κ1) is 28.1. The van der Waals surface area contributed by atoms with E-state index in [1.807, 2.05) is 11.0 Å². The second-order valence-corrected chi connectivity index (χ2v) is 9.73. The minimum absolute atomic E-state index is 0.0660. The number of nitrogens with zero attached hydrogens (tertiary/aromatic N) is 2. The number of alkyl halides is 3. The standard InChI is InChI=1S/C30H28F3N5O3/c1-19(39)36-28-17-26(8-9-35-28)41-25-7-5-20-2-3-21(14-23(20)15-25)29(40)37-24-6-4-22(27(16-24)30(31,32)33)18-38-12-10-34-11-13-38/h2-9,14-17,34H,10-13,18H2,1H3,(H,37,40)(H,35,36,39). The first-order valence-electron chi connectivity index (χ1n) is 13.0. The molecular weight excluding hydrogens is 535 g/mol. The third-order valence-corrected chi connectivity index (χ3v) is 6.62. The van der Waals surface area contributed by atoms with Gasteiger partial charge in [0.15, 0.2) is 0 Å². The molecule has 1 fully saturated rings. The van der Waals surface area contributed by atoms with Gasteiger partial charge in [0.1, 0.15) is 17.3 Å². The van der Waals surface area contributed by atoms with Crippen molar-refractivity contribution in [1.82, 2.24) is 15.2 Å². The van der Waals surface area contributed by atoms with Crippen molar-refractivity contribution in [1.29, 1.82) is 0 Å². The SMILES string of the molecule is CC(=O)Nc1cc(Oc2ccc3ccc(C(=O)Nc4ccc(CN5CCNCC5)c(C(F)(F)F)c4)cc3c2)ccn1. The maximum Gasteiger partial charge on any atom is 0.416 e. The second kappa shape index (κ2) is 11.9. The molecule has 11 heteroatoms. The average Bonchev–Trinajstić information content (AvgIpc) is 2.93. The fraction of sp³-hybridized carbons (Fsp3) is 0.233. The lowest BCUT2D eigenvalue weighted by molar-refractivity contribution is -0.138. The minimum Gasteiger partial charge on any atom is -0.457 e. The molecule has 4 aromatic rings. The summed E-state index contributed by atoms with van der Waals surface area (Å²) in [5, 5.41) is 9.94. The summed E-state index contributed by atoms with van der Waals surface area (Å²) in [5.41, 5.74) is -0.234. The highest BCUT2D eigenvalue weighted by molar-refractivity contribution is 6.06. The molecule has 1 saturated heterocycles. The Balaban J connectivity index is 1.33. The van der Waals surface area contributed by atoms with Gasteiger partial charge in [-0.1, -0.05) is 18.2 Å². The van der Waals surface area contributed by atoms with Crippen LogP contribution in [0.5, 0.6) is 11.5 Å². The molecule has 0 unspecified atom stereocenters. The molecule has 0 radical (unpaired) electrons. The summed E-state index contributed by atoms with van der Waals surface area (Å²) in [6.45, 7) is 4.38. The van der Waals surface area contributed by atoms with Gasteiger partial charge in [-0.3, -0.25) is 14.5 Å². The lowest BCUT2D eigenvalue weighted by Crippen LogP contribution is -2.43. The van der Waals surface area contributed by atoms with Crippen molar-refractivity contribution < 1.29 is 27.5 Å². The summed E-state index contributed by atoms with van der Waals surface area (Å²) in [6, 6.07) is 17.5. The van der Waals surface area contributed by atoms with Crippen LogP contribution in [0.2, 0.25) is 0 Å². The van der Waals surface area contributed by atoms with Crippen molar-refractivity contribution in [3.63, 3.8) is 0 Å². The molecule has 212 valence electrons. The number of anilines is 2. The molecule has 0 atom stereocenters. The largest absolute Gasteiger partial charge is 0.457 e. The minimum atomic E-state index is -4.55. The summed E-state index contributed by atoms with van der Waals surface area (Å²) in [6.07, 6.45) is -3.05. The van der Waals surface area contributed by atoms with E-state index in [4.69, 9.17) is 4.74 Å². The number of halogens is 3. The van der Waals surface area contributed by atoms with E-state index in [2.05, 4.69) is 20.9 Å². The molecule has 0 saturated carbocycles. The monoisotopic (exact) mass is 563 g/mol. The molecule has 0 spiro atoms. The molecule has 0 aliphatic carbocycles. The molecule has 3 N–H and O–H groups in total. The van der Waals surface area contributed by atoms with Crippen molar-refractivity contribution in [2.45, 2.75) is 19.6 Å². The number of nitrogens with one attached hydrogen (secondary N) is 3. The Morgan fingerprint density at radius 2 is 1.68 bits per heavy atom. The van der Waals surface area contributed by atoms with E-state index in [1.165, 1.54) is 25.3 Å². The number of amides is 2. The lowest BCUT2D eigenvalue weighted by atomic mass is 10.0. The predicted octanol–water partition coefficient (Wildman–Crippen LogP) is 5.66. The van der Waals surface area contributed by atoms with Crippen LogP contribution >= 0.6 is 0 Å². The van der Waals surface area contributed by atoms with Crippen LogP contribution in [0, 0.1) is 0 Å². The van der Waals surface area contributed by atoms with Gasteiger partial charge < -0.3 is 20.7 Å². The maximum absolute atomic E-state index is 13.9. The number of aromatic nitrogens is 1. The van der Waals surface area contributed by atoms with Gasteiger partial charge in [-0.25, -0.2) is 4.98 Å². The molecular formula is C30H28F3N5O3. The molecule has 1 aliphatic rings. The van der Waals surface area contributed by atoms with Crippen LogP contribution in [-0.2, 0) is 17.5 Å². The number of hydrogen-bond donors (Lipinski definition) is 3. The van der Waals surface area contributed by atoms with Gasteiger partial charge >= 0.3 is 6.18 Å². The van der Waals surface area contributed by atoms with Crippen molar-refractivity contribution in [2.75, 3.05) is 36.8 Å². The number of carbonyl (C=O) groups is 2. The molecule has 0 bridgehead atoms. The fourth-order valence-electron chi connectivity index (χ4n) is 4.66. The Hall–Kier alpha value is -4.48. The van der Waals surface area contributed by atoms with Crippen LogP contribution in [0.3, 0.4) is 0 Å². The Morgan fingerprint density at radius 1 is 0.927 bits per heavy atom. The van der Waals surface area contributed by atoms with Crippen molar-refractivity contribution >= 4 is 34.1 Å². The van der Waals surface area contributed by atoms with Crippen LogP contribution in [0.15, 0.2) is 72.9 Å². The fourth-order valence-corrected chi connectivity index (χ4v) is 4.66. The highest BCUT2D eigenvalue weighted by atomic mass is 19.4. The van der Waals surface area contributed by atoms with E-state index in [1.54, 1.807) is 42.5 Å². The van der Waals surface area contributed by atoms with Crippen molar-refractivity contribution in [3.05, 3.63) is 89.6 Å². The van der Waals surface area contributed by atoms with Crippen LogP contribution in [0.25, 0.3) is 10.8 Å². The smallest absolute Gasteiger partial charge is 0.416 e. The zero-order valence-electron chi connectivity index (χ0n) is 22.2. The molecule has 3 aromatic carbocycles. The third-order valence-electron chi connectivity index (χ3n) is 6.62. The Morgan fingerprint density at radius 3 is 2.44 bits per heavy atom. The predicted molar refractivity (Wildman–Crippen MR) is 150 cm³/mol. The highest BCUT2D eigenvalue weighted by Crippen LogP contribution is 2.35. The average molecular weight is 564 g/mol. The Bertz CT molecular complexity index is 1590. The first-order chi connectivity index (χ1) is 19.6. The summed E-state index contributed by atoms with van der Waals surface area (Å²) >= 11 is 0. The molecule has 2 amide bonds. The van der Waals surface area contributed by atoms with Gasteiger partial charge in [0, 0.05) is 63.2 Å². The summed E-state index contributed by atoms with van der Waals surface area (Å²) in [7, 11) is 0. The molecule has 5 rings (SSSR count). The van der Waals surface area contributed by atoms with Crippen LogP contribution in [-0.4, -0.2) is 47.9 Å². The van der Waals surface area contributed by atoms with E-state index >= 15 is 0 Å². The van der Waals surface area contributed by atoms with Gasteiger partial charge in [-0.15, -0.1) is 0 Å². The molecule has 41 heavy (non-hydrogen) atoms. The first-order valence-corrected chi connectivity index (χ1v) is 13.0. The molecule has 1 aliphatic heterocycles. The van der Waals surface area contributed by atoms with E-state index in [0.717, 1.165) is 24.5 Å². The van der Waals surface area contributed by atoms with Gasteiger partial charge in [-0.05, 0) is 58.8 Å². The second-order valence-electron chi connectivity index (χ2n) is 9.73. The van der Waals surface area contributed by atoms with E-state index in [-0.39, 0.29) is 29.3 Å². The van der Waals surface area contributed by atoms with Crippen LogP contribution in [0.1, 0.15) is 28.4 Å². The normalized spacial score (nSPS) is 14.0. The van der Waals surface area contributed by atoms with Gasteiger partial charge in [0.25, 0.3) is 5.91 Å². The number of hydrogen-bond acceptors (Lipinski definition) is 6. The number of piperazine rings is 1. The van der Waals surface area contributed by atoms with Crippen LogP contribution in [0.4, 0.5) is 24.7 Å². The van der Waals surface area contributed by atoms with E-state index < -0.39 is 17.6 Å². The van der Waals surface area contributed by atoms with Crippen molar-refractivity contribution in [2.24, 2.45) is 0 Å². The topological polar surface area (TPSA) is 95.6 Å². The quantitative estimate of drug-likeness (QED) is 0.269. The van der Waals surface area contributed by atoms with Gasteiger partial charge in [-0.2, -0.15) is 13.2 Å². The molecule has 1 aromatic heterocycles. The van der Waals surface area contributed by atoms with E-state index in [9.17, 15) is 22.8 Å².